The maximum atomic E-state index is 14.8. The molecule has 2 N–H and O–H groups in total. The summed E-state index contributed by atoms with van der Waals surface area (Å²) in [4.78, 5) is 9.44. The molecule has 5 nitrogen and oxygen atoms in total. The van der Waals surface area contributed by atoms with Crippen LogP contribution in [-0.2, 0) is 17.6 Å². The molecule has 0 amide bonds. The lowest BCUT2D eigenvalue weighted by Crippen LogP contribution is -2.21. The molecule has 1 atom stereocenters. The predicted octanol–water partition coefficient (Wildman–Crippen LogP) is 6.29. The van der Waals surface area contributed by atoms with Crippen LogP contribution in [0, 0.1) is 0 Å². The number of methoxy groups -OCH3 is 1. The Labute approximate surface area is 212 Å². The van der Waals surface area contributed by atoms with Gasteiger partial charge in [0, 0.05) is 37.0 Å². The van der Waals surface area contributed by atoms with Crippen LogP contribution in [0.4, 0.5) is 16.0 Å². The number of aromatic nitrogens is 2. The first-order chi connectivity index (χ1) is 17.6. The van der Waals surface area contributed by atoms with Crippen molar-refractivity contribution in [3.05, 3.63) is 108 Å². The lowest BCUT2D eigenvalue weighted by Gasteiger charge is -2.28. The maximum absolute atomic E-state index is 14.8. The van der Waals surface area contributed by atoms with Gasteiger partial charge in [0.05, 0.1) is 12.3 Å². The smallest absolute Gasteiger partial charge is 0.227 e. The minimum absolute atomic E-state index is 0.160. The summed E-state index contributed by atoms with van der Waals surface area (Å²) in [5, 5.41) is 6.72. The average Bonchev–Trinajstić information content (AvgIpc) is 2.91. The fourth-order valence-corrected chi connectivity index (χ4v) is 4.43. The summed E-state index contributed by atoms with van der Waals surface area (Å²) in [5.41, 5.74) is 6.53. The summed E-state index contributed by atoms with van der Waals surface area (Å²) in [6.45, 7) is 8.37. The number of ether oxygens (including phenoxy) is 1. The highest BCUT2D eigenvalue weighted by atomic mass is 19.1. The van der Waals surface area contributed by atoms with E-state index in [4.69, 9.17) is 9.72 Å². The third kappa shape index (κ3) is 6.14. The van der Waals surface area contributed by atoms with Gasteiger partial charge in [-0.2, -0.15) is 0 Å². The van der Waals surface area contributed by atoms with Crippen molar-refractivity contribution in [2.75, 3.05) is 32.1 Å². The normalized spacial score (nSPS) is 15.0. The quantitative estimate of drug-likeness (QED) is 0.247. The van der Waals surface area contributed by atoms with Crippen molar-refractivity contribution in [1.29, 1.82) is 0 Å². The van der Waals surface area contributed by atoms with Gasteiger partial charge in [-0.1, -0.05) is 55.1 Å². The van der Waals surface area contributed by atoms with E-state index in [1.165, 1.54) is 11.6 Å². The van der Waals surface area contributed by atoms with Crippen LogP contribution in [0.25, 0.3) is 11.3 Å². The lowest BCUT2D eigenvalue weighted by atomic mass is 9.77. The van der Waals surface area contributed by atoms with E-state index < -0.39 is 0 Å². The van der Waals surface area contributed by atoms with Gasteiger partial charge in [0.2, 0.25) is 5.95 Å². The Morgan fingerprint density at radius 2 is 2.06 bits per heavy atom. The Morgan fingerprint density at radius 3 is 2.89 bits per heavy atom. The number of halogens is 1. The van der Waals surface area contributed by atoms with Gasteiger partial charge in [-0.25, -0.2) is 14.4 Å². The Kier molecular flexibility index (Phi) is 8.76. The molecule has 1 aliphatic carbocycles. The molecule has 3 aromatic rings. The van der Waals surface area contributed by atoms with Crippen LogP contribution in [0.15, 0.2) is 90.9 Å². The van der Waals surface area contributed by atoms with Gasteiger partial charge in [-0.3, -0.25) is 0 Å². The van der Waals surface area contributed by atoms with Crippen LogP contribution in [0.3, 0.4) is 0 Å². The molecular formula is C30H33FN4O. The number of hydrogen-bond acceptors (Lipinski definition) is 5. The lowest BCUT2D eigenvalue weighted by molar-refractivity contribution is 0.199. The molecule has 0 saturated carbocycles. The first-order valence-electron chi connectivity index (χ1n) is 12.3. The fourth-order valence-electron chi connectivity index (χ4n) is 4.43. The second-order valence-electron chi connectivity index (χ2n) is 8.80. The minimum atomic E-state index is -0.302. The molecule has 1 aromatic heterocycles. The molecule has 6 heteroatoms. The number of nitrogens with zero attached hydrogens (tertiary/aromatic N) is 2. The van der Waals surface area contributed by atoms with Crippen molar-refractivity contribution in [3.8, 4) is 11.3 Å². The van der Waals surface area contributed by atoms with Gasteiger partial charge >= 0.3 is 0 Å². The molecule has 4 rings (SSSR count). The standard InChI is InChI=1S/C30H33FN4O/c1-4-5-13-28(31)21(2)27-19-23-20-33-30(35-29(23)26-12-7-6-11-25(26)27)34-24-10-8-9-22(18-24)14-15-32-16-17-36-3/h4-13,18,20,27,32H,2,14-17,19H2,1,3H3,(H,33,34,35)/b5-4-,28-13+/t27-/m0/s1. The third-order valence-corrected chi connectivity index (χ3v) is 6.30. The zero-order chi connectivity index (χ0) is 25.3. The van der Waals surface area contributed by atoms with Crippen molar-refractivity contribution in [1.82, 2.24) is 15.3 Å². The van der Waals surface area contributed by atoms with E-state index >= 15 is 0 Å². The van der Waals surface area contributed by atoms with Crippen LogP contribution >= 0.6 is 0 Å². The average molecular weight is 485 g/mol. The molecule has 0 unspecified atom stereocenters. The number of rotatable bonds is 11. The minimum Gasteiger partial charge on any atom is -0.383 e. The Balaban J connectivity index is 1.53. The zero-order valence-electron chi connectivity index (χ0n) is 20.9. The largest absolute Gasteiger partial charge is 0.383 e. The number of hydrogen-bond donors (Lipinski definition) is 2. The maximum Gasteiger partial charge on any atom is 0.227 e. The van der Waals surface area contributed by atoms with Gasteiger partial charge in [-0.15, -0.1) is 0 Å². The first-order valence-corrected chi connectivity index (χ1v) is 12.3. The Hall–Kier alpha value is -3.61. The van der Waals surface area contributed by atoms with Gasteiger partial charge in [0.25, 0.3) is 0 Å². The van der Waals surface area contributed by atoms with Gasteiger partial charge in [0.15, 0.2) is 0 Å². The van der Waals surface area contributed by atoms with E-state index in [-0.39, 0.29) is 11.7 Å². The summed E-state index contributed by atoms with van der Waals surface area (Å²) >= 11 is 0. The summed E-state index contributed by atoms with van der Waals surface area (Å²) in [6.07, 6.45) is 8.33. The molecule has 2 aromatic carbocycles. The number of benzene rings is 2. The van der Waals surface area contributed by atoms with Gasteiger partial charge in [-0.05, 0) is 66.8 Å². The highest BCUT2D eigenvalue weighted by molar-refractivity contribution is 5.73. The molecule has 0 bridgehead atoms. The van der Waals surface area contributed by atoms with Crippen LogP contribution in [0.5, 0.6) is 0 Å². The van der Waals surface area contributed by atoms with E-state index in [0.29, 0.717) is 24.5 Å². The molecule has 0 aliphatic heterocycles. The van der Waals surface area contributed by atoms with E-state index in [9.17, 15) is 4.39 Å². The molecule has 1 heterocycles. The van der Waals surface area contributed by atoms with Crippen LogP contribution < -0.4 is 10.6 Å². The SMILES string of the molecule is C=C(/C(F)=C\C=C/C)[C@@H]1Cc2cnc(Nc3cccc(CCNCCOC)c3)nc2-c2ccccc21. The van der Waals surface area contributed by atoms with Crippen molar-refractivity contribution in [3.63, 3.8) is 0 Å². The third-order valence-electron chi connectivity index (χ3n) is 6.30. The van der Waals surface area contributed by atoms with Crippen molar-refractivity contribution in [2.45, 2.75) is 25.7 Å². The molecule has 0 spiro atoms. The van der Waals surface area contributed by atoms with Crippen molar-refractivity contribution < 1.29 is 9.13 Å². The van der Waals surface area contributed by atoms with Crippen LogP contribution in [-0.4, -0.2) is 36.8 Å². The molecule has 0 radical (unpaired) electrons. The van der Waals surface area contributed by atoms with Crippen molar-refractivity contribution >= 4 is 11.6 Å². The van der Waals surface area contributed by atoms with Crippen LogP contribution in [0.1, 0.15) is 29.5 Å². The second kappa shape index (κ2) is 12.4. The number of fused-ring (bicyclic) bond motifs is 3. The van der Waals surface area contributed by atoms with E-state index in [0.717, 1.165) is 47.6 Å². The summed E-state index contributed by atoms with van der Waals surface area (Å²) < 4.78 is 19.8. The first kappa shape index (κ1) is 25.5. The Bertz CT molecular complexity index is 1270. The summed E-state index contributed by atoms with van der Waals surface area (Å²) in [6, 6.07) is 16.3. The van der Waals surface area contributed by atoms with Gasteiger partial charge < -0.3 is 15.4 Å². The topological polar surface area (TPSA) is 59.1 Å². The van der Waals surface area contributed by atoms with E-state index in [1.54, 1.807) is 19.3 Å². The van der Waals surface area contributed by atoms with Crippen molar-refractivity contribution in [2.24, 2.45) is 0 Å². The molecule has 0 fully saturated rings. The highest BCUT2D eigenvalue weighted by Gasteiger charge is 2.29. The predicted molar refractivity (Wildman–Crippen MR) is 145 cm³/mol. The molecule has 36 heavy (non-hydrogen) atoms. The summed E-state index contributed by atoms with van der Waals surface area (Å²) in [7, 11) is 1.71. The molecule has 1 aliphatic rings. The van der Waals surface area contributed by atoms with Gasteiger partial charge in [0.1, 0.15) is 5.83 Å². The number of anilines is 2. The highest BCUT2D eigenvalue weighted by Crippen LogP contribution is 2.43. The molecular weight excluding hydrogens is 451 g/mol. The number of nitrogens with one attached hydrogen (secondary N) is 2. The molecule has 0 saturated heterocycles. The summed E-state index contributed by atoms with van der Waals surface area (Å²) in [5.74, 6) is 0.0755. The second-order valence-corrected chi connectivity index (χ2v) is 8.80. The fraction of sp³-hybridized carbons (Fsp3) is 0.267. The zero-order valence-corrected chi connectivity index (χ0v) is 20.9. The Morgan fingerprint density at radius 1 is 1.19 bits per heavy atom. The van der Waals surface area contributed by atoms with E-state index in [1.807, 2.05) is 49.5 Å². The van der Waals surface area contributed by atoms with Crippen LogP contribution in [0.2, 0.25) is 0 Å². The number of allylic oxidation sites excluding steroid dienone is 5. The van der Waals surface area contributed by atoms with E-state index in [2.05, 4.69) is 34.3 Å². The molecule has 186 valence electrons. The monoisotopic (exact) mass is 484 g/mol.